The highest BCUT2D eigenvalue weighted by molar-refractivity contribution is 5.83. The van der Waals surface area contributed by atoms with Gasteiger partial charge >= 0.3 is 0 Å². The first-order chi connectivity index (χ1) is 13.9. The van der Waals surface area contributed by atoms with Crippen LogP contribution in [0.4, 0.5) is 0 Å². The van der Waals surface area contributed by atoms with Gasteiger partial charge in [-0.25, -0.2) is 0 Å². The zero-order chi connectivity index (χ0) is 21.1. The Bertz CT molecular complexity index is 1030. The van der Waals surface area contributed by atoms with Crippen LogP contribution in [0.25, 0.3) is 22.3 Å². The molecule has 0 spiro atoms. The maximum atomic E-state index is 5.49. The highest BCUT2D eigenvalue weighted by atomic mass is 16.5. The second-order valence-corrected chi connectivity index (χ2v) is 7.65. The number of benzene rings is 3. The topological polar surface area (TPSA) is 18.5 Å². The van der Waals surface area contributed by atoms with Crippen molar-refractivity contribution in [2.24, 2.45) is 0 Å². The molecule has 0 heterocycles. The maximum absolute atomic E-state index is 5.49. The van der Waals surface area contributed by atoms with Gasteiger partial charge in [0.15, 0.2) is 0 Å². The van der Waals surface area contributed by atoms with Gasteiger partial charge in [-0.2, -0.15) is 0 Å². The molecule has 0 saturated heterocycles. The van der Waals surface area contributed by atoms with Crippen LogP contribution in [-0.4, -0.2) is 14.2 Å². The summed E-state index contributed by atoms with van der Waals surface area (Å²) < 4.78 is 11.0. The van der Waals surface area contributed by atoms with Gasteiger partial charge in [-0.1, -0.05) is 32.0 Å². The molecule has 0 bridgehead atoms. The van der Waals surface area contributed by atoms with Crippen LogP contribution >= 0.6 is 0 Å². The average molecular weight is 389 g/mol. The van der Waals surface area contributed by atoms with Gasteiger partial charge in [0.25, 0.3) is 0 Å². The highest BCUT2D eigenvalue weighted by Gasteiger charge is 2.18. The van der Waals surface area contributed by atoms with Gasteiger partial charge in [0.2, 0.25) is 0 Å². The first kappa shape index (κ1) is 21.0. The van der Waals surface area contributed by atoms with Crippen LogP contribution < -0.4 is 9.47 Å². The van der Waals surface area contributed by atoms with Gasteiger partial charge < -0.3 is 9.47 Å². The molecule has 0 saturated carbocycles. The molecule has 0 fully saturated rings. The molecule has 29 heavy (non-hydrogen) atoms. The second kappa shape index (κ2) is 8.73. The minimum atomic E-state index is 0.930. The molecule has 0 unspecified atom stereocenters. The smallest absolute Gasteiger partial charge is 0.121 e. The lowest BCUT2D eigenvalue weighted by atomic mass is 9.83. The summed E-state index contributed by atoms with van der Waals surface area (Å²) in [6, 6.07) is 15.4. The van der Waals surface area contributed by atoms with Crippen molar-refractivity contribution in [1.29, 1.82) is 0 Å². The fourth-order valence-corrected chi connectivity index (χ4v) is 4.41. The predicted octanol–water partition coefficient (Wildman–Crippen LogP) is 7.09. The SMILES string of the molecule is CCc1c(C)cc(-c2ccc(OC)c(C)c2)c(CC)c1-c1ccc(OC)c(C)c1. The Morgan fingerprint density at radius 3 is 1.62 bits per heavy atom. The maximum Gasteiger partial charge on any atom is 0.121 e. The van der Waals surface area contributed by atoms with E-state index in [1.165, 1.54) is 38.9 Å². The monoisotopic (exact) mass is 388 g/mol. The van der Waals surface area contributed by atoms with Gasteiger partial charge in [0.05, 0.1) is 14.2 Å². The zero-order valence-electron chi connectivity index (χ0n) is 18.8. The number of hydrogen-bond donors (Lipinski definition) is 0. The van der Waals surface area contributed by atoms with E-state index in [2.05, 4.69) is 77.1 Å². The van der Waals surface area contributed by atoms with E-state index >= 15 is 0 Å². The van der Waals surface area contributed by atoms with Crippen molar-refractivity contribution in [1.82, 2.24) is 0 Å². The Hall–Kier alpha value is -2.74. The summed E-state index contributed by atoms with van der Waals surface area (Å²) in [5.41, 5.74) is 11.7. The van der Waals surface area contributed by atoms with Crippen molar-refractivity contribution in [2.75, 3.05) is 14.2 Å². The van der Waals surface area contributed by atoms with Gasteiger partial charge in [-0.05, 0) is 108 Å². The Balaban J connectivity index is 2.30. The third-order valence-electron chi connectivity index (χ3n) is 5.86. The number of aryl methyl sites for hydroxylation is 3. The van der Waals surface area contributed by atoms with Crippen LogP contribution in [0.3, 0.4) is 0 Å². The van der Waals surface area contributed by atoms with Gasteiger partial charge in [-0.3, -0.25) is 0 Å². The van der Waals surface area contributed by atoms with Crippen LogP contribution in [-0.2, 0) is 12.8 Å². The molecule has 0 radical (unpaired) electrons. The van der Waals surface area contributed by atoms with Crippen molar-refractivity contribution in [3.8, 4) is 33.8 Å². The first-order valence-corrected chi connectivity index (χ1v) is 10.4. The van der Waals surface area contributed by atoms with Gasteiger partial charge in [0, 0.05) is 0 Å². The van der Waals surface area contributed by atoms with E-state index in [0.29, 0.717) is 0 Å². The summed E-state index contributed by atoms with van der Waals surface area (Å²) in [7, 11) is 3.46. The average Bonchev–Trinajstić information content (AvgIpc) is 2.72. The number of hydrogen-bond acceptors (Lipinski definition) is 2. The summed E-state index contributed by atoms with van der Waals surface area (Å²) in [6.45, 7) is 11.0. The molecule has 0 amide bonds. The number of ether oxygens (including phenoxy) is 2. The van der Waals surface area contributed by atoms with Crippen molar-refractivity contribution in [3.63, 3.8) is 0 Å². The third kappa shape index (κ3) is 3.89. The molecule has 2 heteroatoms. The largest absolute Gasteiger partial charge is 0.496 e. The van der Waals surface area contributed by atoms with Crippen molar-refractivity contribution in [3.05, 3.63) is 70.3 Å². The molecule has 0 aliphatic rings. The van der Waals surface area contributed by atoms with Crippen LogP contribution in [0.15, 0.2) is 42.5 Å². The van der Waals surface area contributed by atoms with Crippen LogP contribution in [0.1, 0.15) is 41.7 Å². The van der Waals surface area contributed by atoms with E-state index in [1.807, 2.05) is 0 Å². The van der Waals surface area contributed by atoms with E-state index in [0.717, 1.165) is 35.5 Å². The minimum Gasteiger partial charge on any atom is -0.496 e. The van der Waals surface area contributed by atoms with Crippen molar-refractivity contribution >= 4 is 0 Å². The molecule has 3 rings (SSSR count). The van der Waals surface area contributed by atoms with Crippen molar-refractivity contribution in [2.45, 2.75) is 47.5 Å². The molecule has 2 nitrogen and oxygen atoms in total. The van der Waals surface area contributed by atoms with E-state index in [-0.39, 0.29) is 0 Å². The van der Waals surface area contributed by atoms with E-state index in [1.54, 1.807) is 14.2 Å². The van der Waals surface area contributed by atoms with E-state index in [9.17, 15) is 0 Å². The predicted molar refractivity (Wildman–Crippen MR) is 123 cm³/mol. The number of rotatable bonds is 6. The van der Waals surface area contributed by atoms with Crippen LogP contribution in [0.2, 0.25) is 0 Å². The van der Waals surface area contributed by atoms with Crippen LogP contribution in [0.5, 0.6) is 11.5 Å². The number of methoxy groups -OCH3 is 2. The third-order valence-corrected chi connectivity index (χ3v) is 5.86. The Morgan fingerprint density at radius 2 is 1.14 bits per heavy atom. The van der Waals surface area contributed by atoms with Crippen molar-refractivity contribution < 1.29 is 9.47 Å². The van der Waals surface area contributed by atoms with Gasteiger partial charge in [0.1, 0.15) is 11.5 Å². The first-order valence-electron chi connectivity index (χ1n) is 10.4. The second-order valence-electron chi connectivity index (χ2n) is 7.65. The molecule has 3 aromatic carbocycles. The van der Waals surface area contributed by atoms with E-state index < -0.39 is 0 Å². The molecule has 0 aromatic heterocycles. The Labute approximate surface area is 175 Å². The lowest BCUT2D eigenvalue weighted by molar-refractivity contribution is 0.411. The summed E-state index contributed by atoms with van der Waals surface area (Å²) in [4.78, 5) is 0. The van der Waals surface area contributed by atoms with Gasteiger partial charge in [-0.15, -0.1) is 0 Å². The normalized spacial score (nSPS) is 10.9. The summed E-state index contributed by atoms with van der Waals surface area (Å²) >= 11 is 0. The van der Waals surface area contributed by atoms with E-state index in [4.69, 9.17) is 9.47 Å². The van der Waals surface area contributed by atoms with Crippen LogP contribution in [0, 0.1) is 20.8 Å². The quantitative estimate of drug-likeness (QED) is 0.449. The standard InChI is InChI=1S/C27H32O2/c1-8-22-17(3)16-24(20-10-12-25(28-6)18(4)14-20)23(9-2)27(22)21-11-13-26(29-7)19(5)15-21/h10-16H,8-9H2,1-7H3. The molecule has 0 atom stereocenters. The molecule has 0 aliphatic carbocycles. The Kier molecular flexibility index (Phi) is 6.32. The lowest BCUT2D eigenvalue weighted by Crippen LogP contribution is -2.02. The molecule has 0 N–H and O–H groups in total. The molecule has 3 aromatic rings. The molecule has 152 valence electrons. The fraction of sp³-hybridized carbons (Fsp3) is 0.333. The summed E-state index contributed by atoms with van der Waals surface area (Å²) in [5.74, 6) is 1.86. The molecular weight excluding hydrogens is 356 g/mol. The highest BCUT2D eigenvalue weighted by Crippen LogP contribution is 2.40. The molecule has 0 aliphatic heterocycles. The fourth-order valence-electron chi connectivity index (χ4n) is 4.41. The molecular formula is C27H32O2. The summed E-state index contributed by atoms with van der Waals surface area (Å²) in [5, 5.41) is 0. The Morgan fingerprint density at radius 1 is 0.621 bits per heavy atom. The zero-order valence-corrected chi connectivity index (χ0v) is 18.8. The minimum absolute atomic E-state index is 0.930. The lowest BCUT2D eigenvalue weighted by Gasteiger charge is -2.22. The summed E-state index contributed by atoms with van der Waals surface area (Å²) in [6.07, 6.45) is 2.00.